The number of hydrogen-bond acceptors (Lipinski definition) is 7. The van der Waals surface area contributed by atoms with Crippen LogP contribution in [0, 0.1) is 17.3 Å². The Labute approximate surface area is 215 Å². The summed E-state index contributed by atoms with van der Waals surface area (Å²) in [7, 11) is 3.27. The van der Waals surface area contributed by atoms with Gasteiger partial charge in [0.1, 0.15) is 0 Å². The largest absolute Gasteiger partial charge is 0.493 e. The van der Waals surface area contributed by atoms with E-state index in [0.29, 0.717) is 37.1 Å². The zero-order chi connectivity index (χ0) is 27.3. The van der Waals surface area contributed by atoms with Crippen LogP contribution in [0.25, 0.3) is 0 Å². The Bertz CT molecular complexity index is 818. The van der Waals surface area contributed by atoms with Crippen molar-refractivity contribution in [3.05, 3.63) is 23.8 Å². The van der Waals surface area contributed by atoms with E-state index < -0.39 is 29.5 Å². The maximum Gasteiger partial charge on any atom is 0.314 e. The lowest BCUT2D eigenvalue weighted by molar-refractivity contribution is -0.125. The van der Waals surface area contributed by atoms with E-state index in [2.05, 4.69) is 24.5 Å². The number of nitrogens with one attached hydrogen (secondary N) is 2. The Balaban J connectivity index is 2.67. The van der Waals surface area contributed by atoms with Crippen molar-refractivity contribution in [3.8, 4) is 11.5 Å². The monoisotopic (exact) mass is 510 g/mol. The van der Waals surface area contributed by atoms with E-state index in [1.165, 1.54) is 0 Å². The number of ether oxygens (including phenoxy) is 3. The van der Waals surface area contributed by atoms with Gasteiger partial charge in [-0.2, -0.15) is 0 Å². The lowest BCUT2D eigenvalue weighted by Gasteiger charge is -2.28. The highest BCUT2D eigenvalue weighted by Gasteiger charge is 2.26. The molecule has 1 aromatic rings. The highest BCUT2D eigenvalue weighted by Crippen LogP contribution is 2.31. The Hall–Kier alpha value is -2.56. The minimum Gasteiger partial charge on any atom is -0.493 e. The molecule has 0 fully saturated rings. The molecule has 3 atom stereocenters. The van der Waals surface area contributed by atoms with Crippen molar-refractivity contribution in [2.45, 2.75) is 59.1 Å². The molecule has 3 amide bonds. The number of hydrogen-bond donors (Lipinski definition) is 5. The molecule has 10 heteroatoms. The number of benzene rings is 1. The summed E-state index contributed by atoms with van der Waals surface area (Å²) in [6.07, 6.45) is 1.19. The molecule has 0 radical (unpaired) electrons. The molecule has 0 bridgehead atoms. The van der Waals surface area contributed by atoms with Crippen LogP contribution in [-0.2, 0) is 16.0 Å². The number of carbonyl (C=O) groups excluding carboxylic acids is 2. The van der Waals surface area contributed by atoms with Gasteiger partial charge in [-0.15, -0.1) is 0 Å². The molecule has 1 rings (SSSR count). The van der Waals surface area contributed by atoms with Gasteiger partial charge < -0.3 is 41.4 Å². The summed E-state index contributed by atoms with van der Waals surface area (Å²) in [5, 5.41) is 15.7. The molecule has 3 unspecified atom stereocenters. The lowest BCUT2D eigenvalue weighted by atomic mass is 9.83. The van der Waals surface area contributed by atoms with Crippen molar-refractivity contribution in [3.63, 3.8) is 0 Å². The highest BCUT2D eigenvalue weighted by molar-refractivity contribution is 5.81. The van der Waals surface area contributed by atoms with E-state index in [0.717, 1.165) is 18.4 Å². The summed E-state index contributed by atoms with van der Waals surface area (Å²) in [5.41, 5.74) is 11.8. The number of aliphatic hydroxyl groups is 1. The molecule has 1 aromatic carbocycles. The number of aliphatic hydroxyl groups excluding tert-OH is 1. The van der Waals surface area contributed by atoms with Crippen molar-refractivity contribution in [2.24, 2.45) is 28.7 Å². The first-order valence-electron chi connectivity index (χ1n) is 12.4. The first-order valence-corrected chi connectivity index (χ1v) is 12.4. The minimum absolute atomic E-state index is 0.00316. The van der Waals surface area contributed by atoms with Crippen LogP contribution in [0.1, 0.15) is 46.1 Å². The van der Waals surface area contributed by atoms with Crippen molar-refractivity contribution in [1.29, 1.82) is 0 Å². The maximum atomic E-state index is 12.1. The molecule has 7 N–H and O–H groups in total. The number of nitrogens with two attached hydrogens (primary N) is 2. The second-order valence-corrected chi connectivity index (χ2v) is 10.2. The predicted molar refractivity (Wildman–Crippen MR) is 140 cm³/mol. The summed E-state index contributed by atoms with van der Waals surface area (Å²) < 4.78 is 16.4. The van der Waals surface area contributed by atoms with E-state index in [1.54, 1.807) is 28.1 Å². The van der Waals surface area contributed by atoms with Gasteiger partial charge in [0.05, 0.1) is 25.2 Å². The third-order valence-corrected chi connectivity index (χ3v) is 6.32. The van der Waals surface area contributed by atoms with Crippen LogP contribution in [0.2, 0.25) is 0 Å². The zero-order valence-electron chi connectivity index (χ0n) is 22.6. The first-order chi connectivity index (χ1) is 16.9. The molecule has 36 heavy (non-hydrogen) atoms. The third-order valence-electron chi connectivity index (χ3n) is 6.32. The topological polar surface area (TPSA) is 158 Å². The normalized spacial score (nSPS) is 14.1. The third kappa shape index (κ3) is 11.0. The van der Waals surface area contributed by atoms with Gasteiger partial charge in [-0.05, 0) is 56.2 Å². The summed E-state index contributed by atoms with van der Waals surface area (Å²) in [5.74, 6) is 1.38. The molecule has 0 saturated carbocycles. The fraction of sp³-hybridized carbons (Fsp3) is 0.692. The van der Waals surface area contributed by atoms with E-state index >= 15 is 0 Å². The average Bonchev–Trinajstić information content (AvgIpc) is 2.83. The van der Waals surface area contributed by atoms with Crippen molar-refractivity contribution >= 4 is 11.9 Å². The standard InChI is InChI=1S/C26H46N4O6/c1-17(2)19(12-18-8-9-22(35-6)23(13-18)36-11-7-10-34-5)14-20(27)21(31)15-29-25(33)30-16-26(3,4)24(28)32/h8-9,13,17,19-21,31H,7,10-12,14-16,27H2,1-6H3,(H2,28,32)(H2,29,30,33). The first kappa shape index (κ1) is 31.5. The molecule has 0 aliphatic carbocycles. The van der Waals surface area contributed by atoms with Crippen LogP contribution in [0.4, 0.5) is 4.79 Å². The number of amides is 3. The van der Waals surface area contributed by atoms with Crippen LogP contribution in [-0.4, -0.2) is 69.7 Å². The van der Waals surface area contributed by atoms with Crippen LogP contribution in [0.15, 0.2) is 18.2 Å². The van der Waals surface area contributed by atoms with Crippen LogP contribution in [0.3, 0.4) is 0 Å². The molecule has 206 valence electrons. The highest BCUT2D eigenvalue weighted by atomic mass is 16.5. The van der Waals surface area contributed by atoms with Gasteiger partial charge in [0.2, 0.25) is 5.91 Å². The Morgan fingerprint density at radius 3 is 2.39 bits per heavy atom. The Morgan fingerprint density at radius 1 is 1.11 bits per heavy atom. The molecule has 0 aromatic heterocycles. The van der Waals surface area contributed by atoms with Crippen molar-refractivity contribution < 1.29 is 28.9 Å². The molecular weight excluding hydrogens is 464 g/mol. The number of carbonyl (C=O) groups is 2. The second kappa shape index (κ2) is 15.5. The van der Waals surface area contributed by atoms with Crippen LogP contribution in [0.5, 0.6) is 11.5 Å². The minimum atomic E-state index is -0.920. The molecular formula is C26H46N4O6. The quantitative estimate of drug-likeness (QED) is 0.200. The van der Waals surface area contributed by atoms with Gasteiger partial charge in [-0.25, -0.2) is 4.79 Å². The van der Waals surface area contributed by atoms with Crippen molar-refractivity contribution in [1.82, 2.24) is 10.6 Å². The summed E-state index contributed by atoms with van der Waals surface area (Å²) >= 11 is 0. The smallest absolute Gasteiger partial charge is 0.314 e. The lowest BCUT2D eigenvalue weighted by Crippen LogP contribution is -2.49. The Morgan fingerprint density at radius 2 is 1.81 bits per heavy atom. The van der Waals surface area contributed by atoms with Gasteiger partial charge >= 0.3 is 6.03 Å². The van der Waals surface area contributed by atoms with E-state index in [1.807, 2.05) is 18.2 Å². The molecule has 0 aliphatic heterocycles. The number of rotatable bonds is 17. The van der Waals surface area contributed by atoms with Gasteiger partial charge in [0.15, 0.2) is 11.5 Å². The maximum absolute atomic E-state index is 12.1. The van der Waals surface area contributed by atoms with Crippen LogP contribution < -0.4 is 31.6 Å². The summed E-state index contributed by atoms with van der Waals surface area (Å²) in [6.45, 7) is 8.78. The second-order valence-electron chi connectivity index (χ2n) is 10.2. The van der Waals surface area contributed by atoms with E-state index in [-0.39, 0.29) is 19.0 Å². The number of primary amides is 1. The van der Waals surface area contributed by atoms with Crippen LogP contribution >= 0.6 is 0 Å². The van der Waals surface area contributed by atoms with Gasteiger partial charge in [0.25, 0.3) is 0 Å². The SMILES string of the molecule is COCCCOc1cc(CC(CC(N)C(O)CNC(=O)NCC(C)(C)C(N)=O)C(C)C)ccc1OC. The molecule has 0 saturated heterocycles. The van der Waals surface area contributed by atoms with E-state index in [4.69, 9.17) is 25.7 Å². The summed E-state index contributed by atoms with van der Waals surface area (Å²) in [6, 6.07) is 4.88. The van der Waals surface area contributed by atoms with Gasteiger partial charge in [-0.1, -0.05) is 19.9 Å². The fourth-order valence-electron chi connectivity index (χ4n) is 3.55. The molecule has 0 aliphatic rings. The number of methoxy groups -OCH3 is 2. The zero-order valence-corrected chi connectivity index (χ0v) is 22.6. The average molecular weight is 511 g/mol. The Kier molecular flexibility index (Phi) is 13.6. The molecule has 0 heterocycles. The van der Waals surface area contributed by atoms with Crippen molar-refractivity contribution in [2.75, 3.05) is 40.5 Å². The van der Waals surface area contributed by atoms with Gasteiger partial charge in [0, 0.05) is 39.3 Å². The number of urea groups is 1. The van der Waals surface area contributed by atoms with E-state index in [9.17, 15) is 14.7 Å². The predicted octanol–water partition coefficient (Wildman–Crippen LogP) is 1.81. The summed E-state index contributed by atoms with van der Waals surface area (Å²) in [4.78, 5) is 23.4. The fourth-order valence-corrected chi connectivity index (χ4v) is 3.55. The molecule has 0 spiro atoms. The van der Waals surface area contributed by atoms with Gasteiger partial charge in [-0.3, -0.25) is 4.79 Å². The molecule has 10 nitrogen and oxygen atoms in total.